The van der Waals surface area contributed by atoms with Crippen molar-refractivity contribution in [1.82, 2.24) is 4.90 Å². The summed E-state index contributed by atoms with van der Waals surface area (Å²) < 4.78 is 11.3. The zero-order valence-electron chi connectivity index (χ0n) is 16.4. The molecule has 0 saturated carbocycles. The highest BCUT2D eigenvalue weighted by Crippen LogP contribution is 2.39. The van der Waals surface area contributed by atoms with E-state index in [0.717, 1.165) is 10.5 Å². The minimum atomic E-state index is -2.02. The molecule has 1 saturated heterocycles. The molecular weight excluding hydrogens is 350 g/mol. The van der Waals surface area contributed by atoms with Crippen molar-refractivity contribution in [2.45, 2.75) is 57.3 Å². The van der Waals surface area contributed by atoms with E-state index in [2.05, 4.69) is 33.9 Å². The number of rotatable bonds is 5. The standard InChI is InChI=1S/C19H29NO5Si/c1-19(2,3)26(5,6)25-12-14-11-16(17(21)20(14)18(22)23)13-7-9-15(24-4)10-8-13/h7-10,14,16H,11-12H2,1-6H3,(H,22,23)/t14-,16+/m1/s1. The Hall–Kier alpha value is -1.86. The highest BCUT2D eigenvalue weighted by Gasteiger charge is 2.46. The van der Waals surface area contributed by atoms with E-state index < -0.39 is 26.4 Å². The minimum absolute atomic E-state index is 0.0268. The summed E-state index contributed by atoms with van der Waals surface area (Å²) in [5.74, 6) is -0.149. The average Bonchev–Trinajstić information content (AvgIpc) is 2.89. The fourth-order valence-corrected chi connectivity index (χ4v) is 3.90. The van der Waals surface area contributed by atoms with Crippen molar-refractivity contribution in [3.8, 4) is 5.75 Å². The molecule has 2 atom stereocenters. The van der Waals surface area contributed by atoms with Crippen LogP contribution in [0.1, 0.15) is 38.7 Å². The number of likely N-dealkylation sites (tertiary alicyclic amines) is 1. The summed E-state index contributed by atoms with van der Waals surface area (Å²) >= 11 is 0. The van der Waals surface area contributed by atoms with Gasteiger partial charge in [-0.25, -0.2) is 9.69 Å². The molecule has 0 aromatic heterocycles. The summed E-state index contributed by atoms with van der Waals surface area (Å²) in [4.78, 5) is 25.3. The molecule has 1 aliphatic rings. The van der Waals surface area contributed by atoms with Gasteiger partial charge in [-0.2, -0.15) is 0 Å². The van der Waals surface area contributed by atoms with Gasteiger partial charge in [0.2, 0.25) is 5.91 Å². The fourth-order valence-electron chi connectivity index (χ4n) is 2.86. The molecule has 1 aliphatic heterocycles. The van der Waals surface area contributed by atoms with Crippen LogP contribution in [0.4, 0.5) is 4.79 Å². The second kappa shape index (κ2) is 7.40. The van der Waals surface area contributed by atoms with Crippen molar-refractivity contribution in [1.29, 1.82) is 0 Å². The van der Waals surface area contributed by atoms with Crippen LogP contribution in [0, 0.1) is 0 Å². The first-order valence-electron chi connectivity index (χ1n) is 8.82. The third-order valence-corrected chi connectivity index (χ3v) is 10.1. The van der Waals surface area contributed by atoms with Crippen LogP contribution < -0.4 is 4.74 Å². The summed E-state index contributed by atoms with van der Waals surface area (Å²) in [6.45, 7) is 10.9. The number of imide groups is 1. The van der Waals surface area contributed by atoms with E-state index in [4.69, 9.17) is 9.16 Å². The second-order valence-corrected chi connectivity index (χ2v) is 13.1. The van der Waals surface area contributed by atoms with Crippen molar-refractivity contribution in [3.63, 3.8) is 0 Å². The van der Waals surface area contributed by atoms with E-state index in [9.17, 15) is 14.7 Å². The molecule has 1 fully saturated rings. The number of methoxy groups -OCH3 is 1. The molecule has 0 spiro atoms. The van der Waals surface area contributed by atoms with Crippen LogP contribution in [0.15, 0.2) is 24.3 Å². The van der Waals surface area contributed by atoms with E-state index in [1.165, 1.54) is 0 Å². The van der Waals surface area contributed by atoms with Gasteiger partial charge in [-0.3, -0.25) is 4.79 Å². The average molecular weight is 380 g/mol. The van der Waals surface area contributed by atoms with Crippen LogP contribution in [-0.4, -0.2) is 50.1 Å². The third-order valence-electron chi connectivity index (χ3n) is 5.58. The Bertz CT molecular complexity index is 666. The number of ether oxygens (including phenoxy) is 1. The largest absolute Gasteiger partial charge is 0.497 e. The predicted octanol–water partition coefficient (Wildman–Crippen LogP) is 4.08. The lowest BCUT2D eigenvalue weighted by Gasteiger charge is -2.37. The lowest BCUT2D eigenvalue weighted by atomic mass is 9.96. The number of hydrogen-bond acceptors (Lipinski definition) is 4. The number of carboxylic acid groups (broad SMARTS) is 1. The van der Waals surface area contributed by atoms with Crippen molar-refractivity contribution < 1.29 is 23.9 Å². The van der Waals surface area contributed by atoms with Gasteiger partial charge in [0, 0.05) is 0 Å². The quantitative estimate of drug-likeness (QED) is 0.780. The Morgan fingerprint density at radius 2 is 1.85 bits per heavy atom. The molecule has 1 heterocycles. The monoisotopic (exact) mass is 379 g/mol. The second-order valence-electron chi connectivity index (χ2n) is 8.28. The lowest BCUT2D eigenvalue weighted by molar-refractivity contribution is -0.128. The van der Waals surface area contributed by atoms with Crippen molar-refractivity contribution >= 4 is 20.3 Å². The van der Waals surface area contributed by atoms with Crippen LogP contribution in [0.2, 0.25) is 18.1 Å². The molecule has 0 aliphatic carbocycles. The van der Waals surface area contributed by atoms with Crippen molar-refractivity contribution in [2.24, 2.45) is 0 Å². The molecule has 0 unspecified atom stereocenters. The Labute approximate surface area is 156 Å². The summed E-state index contributed by atoms with van der Waals surface area (Å²) in [6.07, 6.45) is -0.777. The molecule has 0 bridgehead atoms. The van der Waals surface area contributed by atoms with Gasteiger partial charge in [0.25, 0.3) is 0 Å². The normalized spacial score (nSPS) is 21.2. The van der Waals surface area contributed by atoms with Gasteiger partial charge in [-0.15, -0.1) is 0 Å². The number of carbonyl (C=O) groups is 2. The smallest absolute Gasteiger partial charge is 0.414 e. The molecular formula is C19H29NO5Si. The van der Waals surface area contributed by atoms with E-state index in [-0.39, 0.29) is 17.6 Å². The topological polar surface area (TPSA) is 76.1 Å². The van der Waals surface area contributed by atoms with Crippen LogP contribution in [0.5, 0.6) is 5.75 Å². The maximum atomic E-state index is 12.7. The molecule has 0 radical (unpaired) electrons. The number of nitrogens with zero attached hydrogens (tertiary/aromatic N) is 1. The maximum absolute atomic E-state index is 12.7. The van der Waals surface area contributed by atoms with Crippen LogP contribution in [0.25, 0.3) is 0 Å². The van der Waals surface area contributed by atoms with E-state index >= 15 is 0 Å². The molecule has 1 aromatic carbocycles. The number of benzene rings is 1. The first-order chi connectivity index (χ1) is 12.0. The van der Waals surface area contributed by atoms with Crippen molar-refractivity contribution in [2.75, 3.05) is 13.7 Å². The molecule has 1 N–H and O–H groups in total. The van der Waals surface area contributed by atoms with Crippen LogP contribution in [-0.2, 0) is 9.22 Å². The van der Waals surface area contributed by atoms with Gasteiger partial charge >= 0.3 is 6.09 Å². The van der Waals surface area contributed by atoms with Gasteiger partial charge in [0.1, 0.15) is 5.75 Å². The van der Waals surface area contributed by atoms with E-state index in [1.54, 1.807) is 19.2 Å². The Morgan fingerprint density at radius 1 is 1.27 bits per heavy atom. The van der Waals surface area contributed by atoms with Gasteiger partial charge in [0.15, 0.2) is 8.32 Å². The van der Waals surface area contributed by atoms with Gasteiger partial charge in [-0.1, -0.05) is 32.9 Å². The van der Waals surface area contributed by atoms with Crippen LogP contribution in [0.3, 0.4) is 0 Å². The van der Waals surface area contributed by atoms with Gasteiger partial charge in [-0.05, 0) is 42.2 Å². The molecule has 26 heavy (non-hydrogen) atoms. The van der Waals surface area contributed by atoms with Crippen molar-refractivity contribution in [3.05, 3.63) is 29.8 Å². The number of hydrogen-bond donors (Lipinski definition) is 1. The van der Waals surface area contributed by atoms with E-state index in [1.807, 2.05) is 12.1 Å². The summed E-state index contributed by atoms with van der Waals surface area (Å²) in [5, 5.41) is 9.56. The summed E-state index contributed by atoms with van der Waals surface area (Å²) in [7, 11) is -0.440. The summed E-state index contributed by atoms with van der Waals surface area (Å²) in [5.41, 5.74) is 0.803. The zero-order valence-corrected chi connectivity index (χ0v) is 17.4. The molecule has 1 aromatic rings. The van der Waals surface area contributed by atoms with Gasteiger partial charge < -0.3 is 14.3 Å². The van der Waals surface area contributed by atoms with Gasteiger partial charge in [0.05, 0.1) is 25.7 Å². The Balaban J connectivity index is 2.18. The first kappa shape index (κ1) is 20.4. The molecule has 6 nitrogen and oxygen atoms in total. The maximum Gasteiger partial charge on any atom is 0.414 e. The Kier molecular flexibility index (Phi) is 5.82. The SMILES string of the molecule is COc1ccc([C@@H]2C[C@H](CO[Si](C)(C)C(C)(C)C)N(C(=O)O)C2=O)cc1. The molecule has 144 valence electrons. The van der Waals surface area contributed by atoms with E-state index in [0.29, 0.717) is 12.2 Å². The molecule has 7 heteroatoms. The predicted molar refractivity (Wildman–Crippen MR) is 102 cm³/mol. The molecule has 2 rings (SSSR count). The zero-order chi connectivity index (χ0) is 19.7. The highest BCUT2D eigenvalue weighted by molar-refractivity contribution is 6.74. The first-order valence-corrected chi connectivity index (χ1v) is 11.7. The number of amides is 2. The Morgan fingerprint density at radius 3 is 2.31 bits per heavy atom. The molecule has 2 amide bonds. The fraction of sp³-hybridized carbons (Fsp3) is 0.579. The lowest BCUT2D eigenvalue weighted by Crippen LogP contribution is -2.46. The van der Waals surface area contributed by atoms with Crippen LogP contribution >= 0.6 is 0 Å². The number of carbonyl (C=O) groups excluding carboxylic acids is 1. The summed E-state index contributed by atoms with van der Waals surface area (Å²) in [6, 6.07) is 6.75. The highest BCUT2D eigenvalue weighted by atomic mass is 28.4. The third kappa shape index (κ3) is 4.10. The minimum Gasteiger partial charge on any atom is -0.497 e.